The molecule has 0 aromatic heterocycles. The lowest BCUT2D eigenvalue weighted by atomic mass is 10.0. The molecule has 0 saturated heterocycles. The van der Waals surface area contributed by atoms with Crippen LogP contribution in [-0.2, 0) is 24.2 Å². The predicted octanol–water partition coefficient (Wildman–Crippen LogP) is 6.73. The minimum absolute atomic E-state index is 0.0614. The number of ether oxygens (including phenoxy) is 1. The molecule has 166 valence electrons. The van der Waals surface area contributed by atoms with Crippen molar-refractivity contribution < 1.29 is 22.3 Å². The third-order valence-corrected chi connectivity index (χ3v) is 5.39. The van der Waals surface area contributed by atoms with Gasteiger partial charge in [0.2, 0.25) is 0 Å². The standard InChI is InChI=1S/C28H20F4O/c1-33-17-21-15-26(30)24(27(31)16-21)12-8-19-4-2-18(3-5-19)6-7-20-9-11-23-22(14-20)10-13-25(29)28(23)32/h2-5,9-11,13-16H,8,12,17H2,1H3. The molecule has 0 heterocycles. The summed E-state index contributed by atoms with van der Waals surface area (Å²) >= 11 is 0. The Morgan fingerprint density at radius 1 is 0.667 bits per heavy atom. The van der Waals surface area contributed by atoms with Crippen molar-refractivity contribution in [2.24, 2.45) is 0 Å². The predicted molar refractivity (Wildman–Crippen MR) is 121 cm³/mol. The van der Waals surface area contributed by atoms with Gasteiger partial charge in [0.05, 0.1) is 6.61 Å². The second-order valence-corrected chi connectivity index (χ2v) is 7.72. The maximum absolute atomic E-state index is 14.2. The van der Waals surface area contributed by atoms with Crippen LogP contribution in [0.25, 0.3) is 10.8 Å². The summed E-state index contributed by atoms with van der Waals surface area (Å²) in [5.41, 5.74) is 2.91. The molecule has 0 bridgehead atoms. The molecule has 0 atom stereocenters. The molecule has 0 aliphatic carbocycles. The van der Waals surface area contributed by atoms with E-state index in [-0.39, 0.29) is 24.0 Å². The van der Waals surface area contributed by atoms with Crippen LogP contribution in [0.4, 0.5) is 17.6 Å². The number of fused-ring (bicyclic) bond motifs is 1. The highest BCUT2D eigenvalue weighted by molar-refractivity contribution is 5.84. The van der Waals surface area contributed by atoms with E-state index in [1.807, 2.05) is 24.3 Å². The van der Waals surface area contributed by atoms with Crippen molar-refractivity contribution in [3.63, 3.8) is 0 Å². The van der Waals surface area contributed by atoms with Gasteiger partial charge in [0.25, 0.3) is 0 Å². The monoisotopic (exact) mass is 448 g/mol. The Balaban J connectivity index is 1.44. The average molecular weight is 448 g/mol. The summed E-state index contributed by atoms with van der Waals surface area (Å²) in [6.45, 7) is 0.158. The fourth-order valence-electron chi connectivity index (χ4n) is 3.66. The van der Waals surface area contributed by atoms with Gasteiger partial charge in [0.15, 0.2) is 11.6 Å². The molecule has 1 nitrogen and oxygen atoms in total. The molecular formula is C28H20F4O. The fourth-order valence-corrected chi connectivity index (χ4v) is 3.66. The van der Waals surface area contributed by atoms with Crippen molar-refractivity contribution in [1.82, 2.24) is 0 Å². The summed E-state index contributed by atoms with van der Waals surface area (Å²) in [7, 11) is 1.48. The highest BCUT2D eigenvalue weighted by Crippen LogP contribution is 2.22. The molecule has 4 aromatic rings. The molecule has 4 rings (SSSR count). The highest BCUT2D eigenvalue weighted by Gasteiger charge is 2.11. The van der Waals surface area contributed by atoms with Crippen LogP contribution in [0, 0.1) is 35.1 Å². The normalized spacial score (nSPS) is 10.8. The van der Waals surface area contributed by atoms with Gasteiger partial charge in [-0.15, -0.1) is 0 Å². The molecule has 0 fully saturated rings. The molecule has 0 unspecified atom stereocenters. The lowest BCUT2D eigenvalue weighted by molar-refractivity contribution is 0.184. The van der Waals surface area contributed by atoms with E-state index in [4.69, 9.17) is 4.74 Å². The minimum Gasteiger partial charge on any atom is -0.380 e. The van der Waals surface area contributed by atoms with Crippen LogP contribution in [0.5, 0.6) is 0 Å². The molecule has 0 spiro atoms. The first-order valence-corrected chi connectivity index (χ1v) is 10.4. The topological polar surface area (TPSA) is 9.23 Å². The van der Waals surface area contributed by atoms with E-state index in [0.717, 1.165) is 17.2 Å². The van der Waals surface area contributed by atoms with Crippen LogP contribution in [0.2, 0.25) is 0 Å². The van der Waals surface area contributed by atoms with Crippen LogP contribution in [0.3, 0.4) is 0 Å². The van der Waals surface area contributed by atoms with Gasteiger partial charge in [-0.25, -0.2) is 17.6 Å². The van der Waals surface area contributed by atoms with E-state index < -0.39 is 23.3 Å². The maximum Gasteiger partial charge on any atom is 0.166 e. The SMILES string of the molecule is COCc1cc(F)c(CCc2ccc(C#Cc3ccc4c(F)c(F)ccc4c3)cc2)c(F)c1. The van der Waals surface area contributed by atoms with E-state index in [0.29, 0.717) is 22.9 Å². The Morgan fingerprint density at radius 3 is 2.03 bits per heavy atom. The van der Waals surface area contributed by atoms with Crippen molar-refractivity contribution in [3.8, 4) is 11.8 Å². The number of rotatable bonds is 5. The fraction of sp³-hybridized carbons (Fsp3) is 0.143. The number of hydrogen-bond donors (Lipinski definition) is 0. The van der Waals surface area contributed by atoms with E-state index in [1.54, 1.807) is 12.1 Å². The number of hydrogen-bond acceptors (Lipinski definition) is 1. The quantitative estimate of drug-likeness (QED) is 0.243. The van der Waals surface area contributed by atoms with Gasteiger partial charge >= 0.3 is 0 Å². The van der Waals surface area contributed by atoms with Crippen LogP contribution in [0.1, 0.15) is 27.8 Å². The number of benzene rings is 4. The summed E-state index contributed by atoms with van der Waals surface area (Å²) in [5.74, 6) is 3.18. The first-order chi connectivity index (χ1) is 15.9. The summed E-state index contributed by atoms with van der Waals surface area (Å²) in [5, 5.41) is 0.789. The zero-order valence-corrected chi connectivity index (χ0v) is 17.9. The van der Waals surface area contributed by atoms with Crippen molar-refractivity contribution in [2.75, 3.05) is 7.11 Å². The zero-order chi connectivity index (χ0) is 23.4. The molecule has 5 heteroatoms. The second-order valence-electron chi connectivity index (χ2n) is 7.72. The summed E-state index contributed by atoms with van der Waals surface area (Å²) < 4.78 is 60.6. The smallest absolute Gasteiger partial charge is 0.166 e. The molecule has 0 amide bonds. The van der Waals surface area contributed by atoms with Gasteiger partial charge in [0, 0.05) is 29.2 Å². The van der Waals surface area contributed by atoms with Crippen molar-refractivity contribution in [2.45, 2.75) is 19.4 Å². The Bertz CT molecular complexity index is 1340. The average Bonchev–Trinajstić information content (AvgIpc) is 2.80. The van der Waals surface area contributed by atoms with Crippen molar-refractivity contribution in [1.29, 1.82) is 0 Å². The second kappa shape index (κ2) is 9.89. The Hall–Kier alpha value is -3.62. The molecule has 0 aliphatic heterocycles. The highest BCUT2D eigenvalue weighted by atomic mass is 19.2. The first-order valence-electron chi connectivity index (χ1n) is 10.4. The van der Waals surface area contributed by atoms with Crippen molar-refractivity contribution >= 4 is 10.8 Å². The third-order valence-electron chi connectivity index (χ3n) is 5.39. The van der Waals surface area contributed by atoms with Crippen LogP contribution < -0.4 is 0 Å². The number of aryl methyl sites for hydroxylation is 1. The molecular weight excluding hydrogens is 428 g/mol. The van der Waals surface area contributed by atoms with Gasteiger partial charge in [-0.1, -0.05) is 36.1 Å². The number of methoxy groups -OCH3 is 1. The number of halogens is 4. The molecule has 0 aliphatic rings. The Labute approximate surface area is 189 Å². The van der Waals surface area contributed by atoms with Gasteiger partial charge < -0.3 is 4.74 Å². The molecule has 0 radical (unpaired) electrons. The Morgan fingerprint density at radius 2 is 1.33 bits per heavy atom. The van der Waals surface area contributed by atoms with Crippen LogP contribution in [-0.4, -0.2) is 7.11 Å². The Kier molecular flexibility index (Phi) is 6.76. The lowest BCUT2D eigenvalue weighted by Crippen LogP contribution is -2.01. The summed E-state index contributed by atoms with van der Waals surface area (Å²) in [4.78, 5) is 0. The molecule has 0 saturated carbocycles. The first kappa shape index (κ1) is 22.6. The van der Waals surface area contributed by atoms with E-state index >= 15 is 0 Å². The van der Waals surface area contributed by atoms with Gasteiger partial charge in [0.1, 0.15) is 11.6 Å². The van der Waals surface area contributed by atoms with Crippen molar-refractivity contribution in [3.05, 3.63) is 118 Å². The van der Waals surface area contributed by atoms with E-state index in [2.05, 4.69) is 11.8 Å². The van der Waals surface area contributed by atoms with E-state index in [1.165, 1.54) is 31.4 Å². The van der Waals surface area contributed by atoms with Crippen LogP contribution >= 0.6 is 0 Å². The minimum atomic E-state index is -0.880. The molecule has 0 N–H and O–H groups in total. The van der Waals surface area contributed by atoms with E-state index in [9.17, 15) is 17.6 Å². The van der Waals surface area contributed by atoms with Crippen LogP contribution in [0.15, 0.2) is 66.7 Å². The third kappa shape index (κ3) is 5.24. The largest absolute Gasteiger partial charge is 0.380 e. The molecule has 4 aromatic carbocycles. The maximum atomic E-state index is 14.2. The summed E-state index contributed by atoms with van der Waals surface area (Å²) in [6.07, 6.45) is 0.724. The summed E-state index contributed by atoms with van der Waals surface area (Å²) in [6, 6.07) is 17.5. The molecule has 33 heavy (non-hydrogen) atoms. The van der Waals surface area contributed by atoms with Gasteiger partial charge in [-0.2, -0.15) is 0 Å². The lowest BCUT2D eigenvalue weighted by Gasteiger charge is -2.08. The zero-order valence-electron chi connectivity index (χ0n) is 17.9. The van der Waals surface area contributed by atoms with Gasteiger partial charge in [-0.3, -0.25) is 0 Å². The van der Waals surface area contributed by atoms with Gasteiger partial charge in [-0.05, 0) is 71.8 Å².